The fourth-order valence-corrected chi connectivity index (χ4v) is 2.64. The Hall–Kier alpha value is -2.64. The van der Waals surface area contributed by atoms with Gasteiger partial charge in [0.1, 0.15) is 12.4 Å². The lowest BCUT2D eigenvalue weighted by Crippen LogP contribution is -2.29. The van der Waals surface area contributed by atoms with E-state index in [4.69, 9.17) is 4.74 Å². The van der Waals surface area contributed by atoms with Crippen LogP contribution in [0, 0.1) is 6.92 Å². The van der Waals surface area contributed by atoms with Gasteiger partial charge in [-0.25, -0.2) is 9.48 Å². The molecule has 0 aliphatic carbocycles. The molecular formula is C13H16N6O2. The van der Waals surface area contributed by atoms with Crippen molar-refractivity contribution in [2.45, 2.75) is 19.9 Å². The third-order valence-electron chi connectivity index (χ3n) is 3.55. The summed E-state index contributed by atoms with van der Waals surface area (Å²) in [6, 6.07) is -0.398. The van der Waals surface area contributed by atoms with Crippen LogP contribution >= 0.6 is 0 Å². The molecule has 0 fully saturated rings. The van der Waals surface area contributed by atoms with Gasteiger partial charge in [0.25, 0.3) is 0 Å². The number of carbonyl (C=O) groups is 1. The highest BCUT2D eigenvalue weighted by atomic mass is 16.5. The van der Waals surface area contributed by atoms with Crippen LogP contribution in [0.2, 0.25) is 0 Å². The van der Waals surface area contributed by atoms with Gasteiger partial charge in [0.05, 0.1) is 18.4 Å². The minimum absolute atomic E-state index is 0.394. The monoisotopic (exact) mass is 288 g/mol. The van der Waals surface area contributed by atoms with Crippen molar-refractivity contribution in [2.24, 2.45) is 7.05 Å². The van der Waals surface area contributed by atoms with Crippen LogP contribution in [0.4, 0.5) is 5.95 Å². The maximum Gasteiger partial charge on any atom is 0.338 e. The molecule has 110 valence electrons. The zero-order chi connectivity index (χ0) is 15.1. The zero-order valence-electron chi connectivity index (χ0n) is 12.3. The normalized spacial score (nSPS) is 17.4. The van der Waals surface area contributed by atoms with Crippen LogP contribution < -0.4 is 5.32 Å². The molecule has 1 atom stereocenters. The van der Waals surface area contributed by atoms with E-state index < -0.39 is 12.0 Å². The van der Waals surface area contributed by atoms with Crippen LogP contribution in [0.3, 0.4) is 0 Å². The van der Waals surface area contributed by atoms with Crippen LogP contribution in [-0.2, 0) is 16.6 Å². The fourth-order valence-electron chi connectivity index (χ4n) is 2.64. The van der Waals surface area contributed by atoms with E-state index in [1.807, 2.05) is 27.1 Å². The lowest BCUT2D eigenvalue weighted by molar-refractivity contribution is -0.136. The number of anilines is 1. The van der Waals surface area contributed by atoms with E-state index >= 15 is 0 Å². The maximum atomic E-state index is 12.2. The van der Waals surface area contributed by atoms with Crippen LogP contribution in [0.5, 0.6) is 0 Å². The Morgan fingerprint density at radius 1 is 1.43 bits per heavy atom. The smallest absolute Gasteiger partial charge is 0.338 e. The number of aromatic nitrogens is 5. The van der Waals surface area contributed by atoms with Crippen LogP contribution in [-0.4, -0.2) is 37.6 Å². The van der Waals surface area contributed by atoms with Gasteiger partial charge in [-0.3, -0.25) is 4.68 Å². The van der Waals surface area contributed by atoms with Crippen molar-refractivity contribution in [3.05, 3.63) is 35.1 Å². The average molecular weight is 288 g/mol. The highest BCUT2D eigenvalue weighted by Gasteiger charge is 2.35. The van der Waals surface area contributed by atoms with Crippen molar-refractivity contribution < 1.29 is 9.53 Å². The Bertz CT molecular complexity index is 742. The van der Waals surface area contributed by atoms with E-state index in [0.717, 1.165) is 11.3 Å². The SMILES string of the molecule is COC(=O)C1=C(C)Nc2ncnn2C1c1cn(C)nc1C. The summed E-state index contributed by atoms with van der Waals surface area (Å²) in [7, 11) is 3.21. The number of methoxy groups -OCH3 is 1. The fraction of sp³-hybridized carbons (Fsp3) is 0.385. The molecule has 8 heteroatoms. The third-order valence-corrected chi connectivity index (χ3v) is 3.55. The van der Waals surface area contributed by atoms with Crippen molar-refractivity contribution in [2.75, 3.05) is 12.4 Å². The molecule has 3 rings (SSSR count). The Morgan fingerprint density at radius 3 is 2.81 bits per heavy atom. The minimum Gasteiger partial charge on any atom is -0.466 e. The number of nitrogens with zero attached hydrogens (tertiary/aromatic N) is 5. The van der Waals surface area contributed by atoms with Gasteiger partial charge in [0.15, 0.2) is 0 Å². The number of carbonyl (C=O) groups excluding carboxylic acids is 1. The number of nitrogens with one attached hydrogen (secondary N) is 1. The third kappa shape index (κ3) is 1.99. The molecule has 1 N–H and O–H groups in total. The summed E-state index contributed by atoms with van der Waals surface area (Å²) in [4.78, 5) is 16.4. The summed E-state index contributed by atoms with van der Waals surface area (Å²) in [6.45, 7) is 3.72. The van der Waals surface area contributed by atoms with Crippen molar-refractivity contribution in [1.29, 1.82) is 0 Å². The summed E-state index contributed by atoms with van der Waals surface area (Å²) in [6.07, 6.45) is 3.33. The number of aryl methyl sites for hydroxylation is 2. The molecule has 0 radical (unpaired) electrons. The van der Waals surface area contributed by atoms with E-state index in [1.54, 1.807) is 9.36 Å². The van der Waals surface area contributed by atoms with E-state index in [2.05, 4.69) is 20.5 Å². The standard InChI is InChI=1S/C13H16N6O2/c1-7-9(5-18(3)17-7)11-10(12(20)21-4)8(2)16-13-14-6-15-19(11)13/h5-6,11H,1-4H3,(H,14,15,16). The van der Waals surface area contributed by atoms with Gasteiger partial charge in [-0.05, 0) is 13.8 Å². The Balaban J connectivity index is 2.22. The largest absolute Gasteiger partial charge is 0.466 e. The van der Waals surface area contributed by atoms with Gasteiger partial charge in [-0.1, -0.05) is 0 Å². The van der Waals surface area contributed by atoms with E-state index in [1.165, 1.54) is 13.4 Å². The second-order valence-corrected chi connectivity index (χ2v) is 4.93. The molecule has 0 aromatic carbocycles. The van der Waals surface area contributed by atoms with E-state index in [-0.39, 0.29) is 0 Å². The van der Waals surface area contributed by atoms with Gasteiger partial charge < -0.3 is 10.1 Å². The summed E-state index contributed by atoms with van der Waals surface area (Å²) in [5.41, 5.74) is 2.94. The highest BCUT2D eigenvalue weighted by Crippen LogP contribution is 2.35. The quantitative estimate of drug-likeness (QED) is 0.822. The van der Waals surface area contributed by atoms with Crippen LogP contribution in [0.25, 0.3) is 0 Å². The van der Waals surface area contributed by atoms with Crippen molar-refractivity contribution in [3.8, 4) is 0 Å². The molecule has 0 bridgehead atoms. The molecule has 2 aromatic heterocycles. The first-order chi connectivity index (χ1) is 10.0. The van der Waals surface area contributed by atoms with Crippen molar-refractivity contribution >= 4 is 11.9 Å². The molecule has 0 spiro atoms. The number of esters is 1. The van der Waals surface area contributed by atoms with E-state index in [0.29, 0.717) is 17.2 Å². The van der Waals surface area contributed by atoms with Gasteiger partial charge in [-0.2, -0.15) is 15.2 Å². The number of hydrogen-bond acceptors (Lipinski definition) is 6. The maximum absolute atomic E-state index is 12.2. The predicted octanol–water partition coefficient (Wildman–Crippen LogP) is 0.782. The molecule has 3 heterocycles. The summed E-state index contributed by atoms with van der Waals surface area (Å²) < 4.78 is 8.31. The van der Waals surface area contributed by atoms with Crippen molar-refractivity contribution in [1.82, 2.24) is 24.5 Å². The highest BCUT2D eigenvalue weighted by molar-refractivity contribution is 5.92. The molecular weight excluding hydrogens is 272 g/mol. The molecule has 1 unspecified atom stereocenters. The first kappa shape index (κ1) is 13.3. The number of rotatable bonds is 2. The molecule has 0 amide bonds. The first-order valence-electron chi connectivity index (χ1n) is 6.48. The van der Waals surface area contributed by atoms with Crippen LogP contribution in [0.1, 0.15) is 24.2 Å². The van der Waals surface area contributed by atoms with Gasteiger partial charge in [0, 0.05) is 24.5 Å². The molecule has 1 aliphatic heterocycles. The summed E-state index contributed by atoms with van der Waals surface area (Å²) in [5, 5.41) is 11.7. The summed E-state index contributed by atoms with van der Waals surface area (Å²) in [5.74, 6) is 0.197. The lowest BCUT2D eigenvalue weighted by Gasteiger charge is -2.27. The number of allylic oxidation sites excluding steroid dienone is 1. The zero-order valence-corrected chi connectivity index (χ0v) is 12.3. The Morgan fingerprint density at radius 2 is 2.19 bits per heavy atom. The average Bonchev–Trinajstić information content (AvgIpc) is 3.02. The number of hydrogen-bond donors (Lipinski definition) is 1. The van der Waals surface area contributed by atoms with Crippen LogP contribution in [0.15, 0.2) is 23.8 Å². The molecule has 1 aliphatic rings. The Labute approximate surface area is 121 Å². The molecule has 0 saturated carbocycles. The second kappa shape index (κ2) is 4.72. The molecule has 0 saturated heterocycles. The van der Waals surface area contributed by atoms with Gasteiger partial charge in [0.2, 0.25) is 5.95 Å². The molecule has 21 heavy (non-hydrogen) atoms. The van der Waals surface area contributed by atoms with Crippen molar-refractivity contribution in [3.63, 3.8) is 0 Å². The van der Waals surface area contributed by atoms with Gasteiger partial charge in [-0.15, -0.1) is 0 Å². The topological polar surface area (TPSA) is 86.9 Å². The van der Waals surface area contributed by atoms with Gasteiger partial charge >= 0.3 is 5.97 Å². The molecule has 8 nitrogen and oxygen atoms in total. The Kier molecular flexibility index (Phi) is 3.00. The second-order valence-electron chi connectivity index (χ2n) is 4.93. The summed E-state index contributed by atoms with van der Waals surface area (Å²) >= 11 is 0. The predicted molar refractivity (Wildman–Crippen MR) is 74.4 cm³/mol. The number of ether oxygens (including phenoxy) is 1. The number of fused-ring (bicyclic) bond motifs is 1. The first-order valence-corrected chi connectivity index (χ1v) is 6.48. The molecule has 2 aromatic rings. The minimum atomic E-state index is -0.398. The van der Waals surface area contributed by atoms with E-state index in [9.17, 15) is 4.79 Å². The lowest BCUT2D eigenvalue weighted by atomic mass is 9.96.